The lowest BCUT2D eigenvalue weighted by Gasteiger charge is -2.07. The molecule has 0 radical (unpaired) electrons. The van der Waals surface area contributed by atoms with Gasteiger partial charge in [0.25, 0.3) is 5.91 Å². The van der Waals surface area contributed by atoms with Crippen molar-refractivity contribution >= 4 is 5.91 Å². The fraction of sp³-hybridized carbons (Fsp3) is 0.647. The summed E-state index contributed by atoms with van der Waals surface area (Å²) in [6.07, 6.45) is 9.70. The number of nitrogens with one attached hydrogen (secondary N) is 2. The van der Waals surface area contributed by atoms with Crippen LogP contribution in [-0.4, -0.2) is 43.8 Å². The topological polar surface area (TPSA) is 97.7 Å². The Morgan fingerprint density at radius 1 is 1.32 bits per heavy atom. The lowest BCUT2D eigenvalue weighted by molar-refractivity contribution is 0.0929. The van der Waals surface area contributed by atoms with Gasteiger partial charge in [-0.2, -0.15) is 5.10 Å². The van der Waals surface area contributed by atoms with Crippen molar-refractivity contribution in [2.45, 2.75) is 64.1 Å². The summed E-state index contributed by atoms with van der Waals surface area (Å²) in [5.41, 5.74) is 3.78. The number of ether oxygens (including phenoxy) is 1. The van der Waals surface area contributed by atoms with E-state index in [9.17, 15) is 4.79 Å². The molecular weight excluding hydrogens is 320 g/mol. The van der Waals surface area contributed by atoms with E-state index in [4.69, 9.17) is 4.74 Å². The average molecular weight is 344 g/mol. The number of carbonyl (C=O) groups excluding carboxylic acids is 1. The minimum atomic E-state index is -0.219. The Bertz CT molecular complexity index is 731. The average Bonchev–Trinajstić information content (AvgIpc) is 3.33. The Hall–Kier alpha value is -2.22. The number of aromatic nitrogens is 5. The Morgan fingerprint density at radius 2 is 2.24 bits per heavy atom. The van der Waals surface area contributed by atoms with E-state index >= 15 is 0 Å². The highest BCUT2D eigenvalue weighted by Crippen LogP contribution is 2.21. The Morgan fingerprint density at radius 3 is 3.12 bits per heavy atom. The molecule has 8 nitrogen and oxygen atoms in total. The zero-order valence-electron chi connectivity index (χ0n) is 14.3. The molecule has 2 aromatic heterocycles. The van der Waals surface area contributed by atoms with Gasteiger partial charge in [0, 0.05) is 12.3 Å². The number of carbonyl (C=O) groups is 1. The Balaban J connectivity index is 1.34. The second kappa shape index (κ2) is 7.35. The highest BCUT2D eigenvalue weighted by Gasteiger charge is 2.19. The largest absolute Gasteiger partial charge is 0.376 e. The second-order valence-corrected chi connectivity index (χ2v) is 6.83. The van der Waals surface area contributed by atoms with E-state index in [2.05, 4.69) is 25.8 Å². The fourth-order valence-electron chi connectivity index (χ4n) is 3.62. The summed E-state index contributed by atoms with van der Waals surface area (Å²) < 4.78 is 7.27. The third kappa shape index (κ3) is 3.73. The molecule has 2 aromatic rings. The molecule has 2 aliphatic rings. The number of rotatable bonds is 5. The number of hydrogen-bond acceptors (Lipinski definition) is 5. The molecule has 3 heterocycles. The predicted octanol–water partition coefficient (Wildman–Crippen LogP) is 1.38. The van der Waals surface area contributed by atoms with Crippen molar-refractivity contribution in [1.82, 2.24) is 30.5 Å². The standard InChI is InChI=1S/C17H24N6O2/c24-17(16-11-23(22-21-16)10-12-5-4-8-25-12)18-9-15-13-6-2-1-3-7-14(13)19-20-15/h11-12H,1-10H2,(H,18,24)(H,19,20). The first kappa shape index (κ1) is 16.3. The van der Waals surface area contributed by atoms with Crippen LogP contribution in [0.2, 0.25) is 0 Å². The van der Waals surface area contributed by atoms with Gasteiger partial charge in [0.15, 0.2) is 5.69 Å². The van der Waals surface area contributed by atoms with Crippen LogP contribution in [0.15, 0.2) is 6.20 Å². The highest BCUT2D eigenvalue weighted by atomic mass is 16.5. The van der Waals surface area contributed by atoms with Crippen LogP contribution in [-0.2, 0) is 30.7 Å². The predicted molar refractivity (Wildman–Crippen MR) is 90.0 cm³/mol. The Kier molecular flexibility index (Phi) is 4.78. The molecule has 0 aromatic carbocycles. The summed E-state index contributed by atoms with van der Waals surface area (Å²) >= 11 is 0. The smallest absolute Gasteiger partial charge is 0.273 e. The maximum absolute atomic E-state index is 12.3. The number of fused-ring (bicyclic) bond motifs is 1. The number of aryl methyl sites for hydroxylation is 1. The molecule has 1 saturated heterocycles. The van der Waals surface area contributed by atoms with Crippen molar-refractivity contribution in [3.05, 3.63) is 28.8 Å². The maximum atomic E-state index is 12.3. The lowest BCUT2D eigenvalue weighted by Crippen LogP contribution is -2.24. The highest BCUT2D eigenvalue weighted by molar-refractivity contribution is 5.91. The second-order valence-electron chi connectivity index (χ2n) is 6.83. The molecule has 1 fully saturated rings. The summed E-state index contributed by atoms with van der Waals surface area (Å²) in [5.74, 6) is -0.219. The van der Waals surface area contributed by atoms with Crippen LogP contribution in [0.3, 0.4) is 0 Å². The van der Waals surface area contributed by atoms with E-state index < -0.39 is 0 Å². The van der Waals surface area contributed by atoms with E-state index in [0.29, 0.717) is 18.8 Å². The normalized spacial score (nSPS) is 20.2. The lowest BCUT2D eigenvalue weighted by atomic mass is 10.1. The first-order valence-electron chi connectivity index (χ1n) is 9.14. The minimum absolute atomic E-state index is 0.178. The third-order valence-electron chi connectivity index (χ3n) is 4.99. The molecule has 0 saturated carbocycles. The number of aromatic amines is 1. The van der Waals surface area contributed by atoms with Gasteiger partial charge in [-0.25, -0.2) is 4.68 Å². The van der Waals surface area contributed by atoms with E-state index in [1.807, 2.05) is 0 Å². The van der Waals surface area contributed by atoms with Crippen molar-refractivity contribution in [2.75, 3.05) is 6.61 Å². The van der Waals surface area contributed by atoms with Gasteiger partial charge in [0.2, 0.25) is 0 Å². The molecule has 0 spiro atoms. The Labute approximate surface area is 146 Å². The van der Waals surface area contributed by atoms with Crippen LogP contribution in [0.5, 0.6) is 0 Å². The summed E-state index contributed by atoms with van der Waals surface area (Å²) in [5, 5.41) is 18.4. The van der Waals surface area contributed by atoms with Crippen LogP contribution in [0.1, 0.15) is 59.5 Å². The summed E-state index contributed by atoms with van der Waals surface area (Å²) in [7, 11) is 0. The minimum Gasteiger partial charge on any atom is -0.376 e. The molecule has 1 amide bonds. The van der Waals surface area contributed by atoms with Crippen molar-refractivity contribution in [1.29, 1.82) is 0 Å². The molecule has 2 N–H and O–H groups in total. The molecule has 1 aliphatic carbocycles. The molecule has 1 unspecified atom stereocenters. The number of nitrogens with zero attached hydrogens (tertiary/aromatic N) is 4. The summed E-state index contributed by atoms with van der Waals surface area (Å²) in [6, 6.07) is 0. The molecule has 8 heteroatoms. The number of hydrogen-bond donors (Lipinski definition) is 2. The number of H-pyrrole nitrogens is 1. The summed E-state index contributed by atoms with van der Waals surface area (Å²) in [6.45, 7) is 1.87. The van der Waals surface area contributed by atoms with Crippen LogP contribution in [0.4, 0.5) is 0 Å². The van der Waals surface area contributed by atoms with E-state index in [0.717, 1.165) is 38.0 Å². The zero-order chi connectivity index (χ0) is 17.1. The van der Waals surface area contributed by atoms with E-state index in [-0.39, 0.29) is 12.0 Å². The van der Waals surface area contributed by atoms with Gasteiger partial charge in [0.1, 0.15) is 0 Å². The van der Waals surface area contributed by atoms with Crippen molar-refractivity contribution in [2.24, 2.45) is 0 Å². The molecule has 0 bridgehead atoms. The molecule has 25 heavy (non-hydrogen) atoms. The monoisotopic (exact) mass is 344 g/mol. The van der Waals surface area contributed by atoms with E-state index in [1.54, 1.807) is 10.9 Å². The van der Waals surface area contributed by atoms with Gasteiger partial charge in [-0.3, -0.25) is 9.89 Å². The van der Waals surface area contributed by atoms with Crippen LogP contribution in [0.25, 0.3) is 0 Å². The van der Waals surface area contributed by atoms with Gasteiger partial charge in [0.05, 0.1) is 31.1 Å². The van der Waals surface area contributed by atoms with Crippen molar-refractivity contribution in [3.8, 4) is 0 Å². The first-order valence-corrected chi connectivity index (χ1v) is 9.14. The van der Waals surface area contributed by atoms with Gasteiger partial charge in [-0.05, 0) is 44.1 Å². The fourth-order valence-corrected chi connectivity index (χ4v) is 3.62. The van der Waals surface area contributed by atoms with Crippen LogP contribution in [0, 0.1) is 0 Å². The van der Waals surface area contributed by atoms with Gasteiger partial charge >= 0.3 is 0 Å². The molecular formula is C17H24N6O2. The van der Waals surface area contributed by atoms with Crippen molar-refractivity contribution in [3.63, 3.8) is 0 Å². The van der Waals surface area contributed by atoms with Crippen LogP contribution < -0.4 is 5.32 Å². The van der Waals surface area contributed by atoms with Crippen LogP contribution >= 0.6 is 0 Å². The molecule has 1 aliphatic heterocycles. The van der Waals surface area contributed by atoms with E-state index in [1.165, 1.54) is 30.5 Å². The molecule has 134 valence electrons. The number of amides is 1. The maximum Gasteiger partial charge on any atom is 0.273 e. The van der Waals surface area contributed by atoms with Gasteiger partial charge < -0.3 is 10.1 Å². The zero-order valence-corrected chi connectivity index (χ0v) is 14.3. The molecule has 4 rings (SSSR count). The SMILES string of the molecule is O=C(NCc1n[nH]c2c1CCCCC2)c1cn(CC2CCCO2)nn1. The molecule has 1 atom stereocenters. The van der Waals surface area contributed by atoms with Gasteiger partial charge in [-0.1, -0.05) is 11.6 Å². The van der Waals surface area contributed by atoms with Crippen molar-refractivity contribution < 1.29 is 9.53 Å². The van der Waals surface area contributed by atoms with Gasteiger partial charge in [-0.15, -0.1) is 5.10 Å². The quantitative estimate of drug-likeness (QED) is 0.799. The third-order valence-corrected chi connectivity index (χ3v) is 4.99. The first-order chi connectivity index (χ1) is 12.3. The summed E-state index contributed by atoms with van der Waals surface area (Å²) in [4.78, 5) is 12.3.